The lowest BCUT2D eigenvalue weighted by atomic mass is 10.1. The van der Waals surface area contributed by atoms with Gasteiger partial charge in [-0.1, -0.05) is 30.3 Å². The van der Waals surface area contributed by atoms with Crippen molar-refractivity contribution in [1.29, 1.82) is 0 Å². The van der Waals surface area contributed by atoms with Crippen LogP contribution in [0.2, 0.25) is 0 Å². The standard InChI is InChI=1S/C20H27N5.HI/c1-21-20(23-15-17-8-4-2-5-9-17)24-16-18-10-11-22-19(14-18)25-12-6-3-7-13-25;/h2,4-5,8-11,14H,3,6-7,12-13,15-16H2,1H3,(H2,21,23,24);1H. The molecule has 0 unspecified atom stereocenters. The molecule has 0 spiro atoms. The first-order chi connectivity index (χ1) is 12.3. The van der Waals surface area contributed by atoms with Crippen molar-refractivity contribution in [2.75, 3.05) is 25.0 Å². The third-order valence-electron chi connectivity index (χ3n) is 4.48. The summed E-state index contributed by atoms with van der Waals surface area (Å²) in [6.45, 7) is 3.72. The lowest BCUT2D eigenvalue weighted by molar-refractivity contribution is 0.573. The van der Waals surface area contributed by atoms with Crippen LogP contribution in [0.4, 0.5) is 5.82 Å². The van der Waals surface area contributed by atoms with E-state index in [0.717, 1.165) is 38.0 Å². The number of piperidine rings is 1. The number of aliphatic imine (C=N–C) groups is 1. The fraction of sp³-hybridized carbons (Fsp3) is 0.400. The summed E-state index contributed by atoms with van der Waals surface area (Å²) in [5.41, 5.74) is 2.46. The van der Waals surface area contributed by atoms with Gasteiger partial charge in [-0.2, -0.15) is 0 Å². The third kappa shape index (κ3) is 6.16. The molecule has 2 aromatic rings. The topological polar surface area (TPSA) is 52.6 Å². The zero-order valence-electron chi connectivity index (χ0n) is 15.3. The Balaban J connectivity index is 0.00000243. The van der Waals surface area contributed by atoms with Crippen molar-refractivity contribution >= 4 is 35.8 Å². The summed E-state index contributed by atoms with van der Waals surface area (Å²) in [5, 5.41) is 6.73. The van der Waals surface area contributed by atoms with E-state index in [-0.39, 0.29) is 24.0 Å². The van der Waals surface area contributed by atoms with Crippen LogP contribution in [0.1, 0.15) is 30.4 Å². The zero-order chi connectivity index (χ0) is 17.3. The van der Waals surface area contributed by atoms with Gasteiger partial charge in [0, 0.05) is 39.4 Å². The number of nitrogens with one attached hydrogen (secondary N) is 2. The van der Waals surface area contributed by atoms with Crippen LogP contribution < -0.4 is 15.5 Å². The van der Waals surface area contributed by atoms with Crippen LogP contribution in [0, 0.1) is 0 Å². The molecular weight excluding hydrogens is 437 g/mol. The van der Waals surface area contributed by atoms with Crippen molar-refractivity contribution in [2.45, 2.75) is 32.4 Å². The molecule has 1 saturated heterocycles. The minimum absolute atomic E-state index is 0. The van der Waals surface area contributed by atoms with Crippen molar-refractivity contribution in [3.8, 4) is 0 Å². The Bertz CT molecular complexity index is 684. The summed E-state index contributed by atoms with van der Waals surface area (Å²) in [7, 11) is 1.80. The van der Waals surface area contributed by atoms with Crippen molar-refractivity contribution in [3.63, 3.8) is 0 Å². The Labute approximate surface area is 173 Å². The van der Waals surface area contributed by atoms with Crippen LogP contribution in [0.15, 0.2) is 53.7 Å². The molecule has 0 amide bonds. The number of aromatic nitrogens is 1. The smallest absolute Gasteiger partial charge is 0.191 e. The van der Waals surface area contributed by atoms with Gasteiger partial charge in [-0.05, 0) is 42.5 Å². The van der Waals surface area contributed by atoms with E-state index in [9.17, 15) is 0 Å². The lowest BCUT2D eigenvalue weighted by Crippen LogP contribution is -2.36. The Morgan fingerprint density at radius 3 is 2.38 bits per heavy atom. The molecule has 5 nitrogen and oxygen atoms in total. The Hall–Kier alpha value is -1.83. The van der Waals surface area contributed by atoms with Crippen LogP contribution in [-0.4, -0.2) is 31.1 Å². The minimum Gasteiger partial charge on any atom is -0.357 e. The van der Waals surface area contributed by atoms with E-state index in [4.69, 9.17) is 0 Å². The summed E-state index contributed by atoms with van der Waals surface area (Å²) >= 11 is 0. The summed E-state index contributed by atoms with van der Waals surface area (Å²) in [6, 6.07) is 14.6. The monoisotopic (exact) mass is 465 g/mol. The second-order valence-corrected chi connectivity index (χ2v) is 6.33. The molecule has 0 atom stereocenters. The first-order valence-corrected chi connectivity index (χ1v) is 9.03. The summed E-state index contributed by atoms with van der Waals surface area (Å²) in [6.07, 6.45) is 5.77. The molecule has 0 bridgehead atoms. The predicted octanol–water partition coefficient (Wildman–Crippen LogP) is 3.56. The SMILES string of the molecule is CN=C(NCc1ccccc1)NCc1ccnc(N2CCCCC2)c1.I. The van der Waals surface area contributed by atoms with Crippen LogP contribution in [-0.2, 0) is 13.1 Å². The van der Waals surface area contributed by atoms with Gasteiger partial charge in [-0.15, -0.1) is 24.0 Å². The molecule has 2 N–H and O–H groups in total. The molecule has 2 heterocycles. The molecule has 26 heavy (non-hydrogen) atoms. The average Bonchev–Trinajstić information content (AvgIpc) is 2.70. The molecule has 6 heteroatoms. The molecule has 1 aliphatic rings. The van der Waals surface area contributed by atoms with E-state index in [0.29, 0.717) is 0 Å². The highest BCUT2D eigenvalue weighted by molar-refractivity contribution is 14.0. The van der Waals surface area contributed by atoms with E-state index in [2.05, 4.69) is 49.8 Å². The number of benzene rings is 1. The minimum atomic E-state index is 0. The third-order valence-corrected chi connectivity index (χ3v) is 4.48. The Kier molecular flexibility index (Phi) is 8.67. The van der Waals surface area contributed by atoms with E-state index in [1.54, 1.807) is 7.05 Å². The molecule has 140 valence electrons. The summed E-state index contributed by atoms with van der Waals surface area (Å²) in [5.74, 6) is 1.89. The number of halogens is 1. The molecule has 0 radical (unpaired) electrons. The number of nitrogens with zero attached hydrogens (tertiary/aromatic N) is 3. The molecule has 0 saturated carbocycles. The number of hydrogen-bond acceptors (Lipinski definition) is 3. The van der Waals surface area contributed by atoms with Gasteiger partial charge in [0.1, 0.15) is 5.82 Å². The largest absolute Gasteiger partial charge is 0.357 e. The Morgan fingerprint density at radius 2 is 1.69 bits per heavy atom. The highest BCUT2D eigenvalue weighted by Crippen LogP contribution is 2.18. The van der Waals surface area contributed by atoms with Gasteiger partial charge in [0.2, 0.25) is 0 Å². The molecule has 1 aromatic carbocycles. The van der Waals surface area contributed by atoms with Gasteiger partial charge in [0.15, 0.2) is 5.96 Å². The van der Waals surface area contributed by atoms with E-state index >= 15 is 0 Å². The van der Waals surface area contributed by atoms with Gasteiger partial charge in [0.05, 0.1) is 0 Å². The highest BCUT2D eigenvalue weighted by atomic mass is 127. The van der Waals surface area contributed by atoms with E-state index in [1.807, 2.05) is 24.4 Å². The van der Waals surface area contributed by atoms with Crippen molar-refractivity contribution in [3.05, 3.63) is 59.8 Å². The second-order valence-electron chi connectivity index (χ2n) is 6.33. The number of hydrogen-bond donors (Lipinski definition) is 2. The maximum atomic E-state index is 4.54. The fourth-order valence-electron chi connectivity index (χ4n) is 3.05. The maximum absolute atomic E-state index is 4.54. The predicted molar refractivity (Wildman–Crippen MR) is 119 cm³/mol. The highest BCUT2D eigenvalue weighted by Gasteiger charge is 2.12. The van der Waals surface area contributed by atoms with E-state index < -0.39 is 0 Å². The number of rotatable bonds is 5. The summed E-state index contributed by atoms with van der Waals surface area (Å²) < 4.78 is 0. The lowest BCUT2D eigenvalue weighted by Gasteiger charge is -2.28. The quantitative estimate of drug-likeness (QED) is 0.403. The van der Waals surface area contributed by atoms with Gasteiger partial charge >= 0.3 is 0 Å². The number of guanidine groups is 1. The number of anilines is 1. The molecule has 1 aromatic heterocycles. The van der Waals surface area contributed by atoms with Crippen LogP contribution in [0.25, 0.3) is 0 Å². The number of pyridine rings is 1. The fourth-order valence-corrected chi connectivity index (χ4v) is 3.05. The Morgan fingerprint density at radius 1 is 1.00 bits per heavy atom. The average molecular weight is 465 g/mol. The van der Waals surface area contributed by atoms with Crippen LogP contribution in [0.5, 0.6) is 0 Å². The molecule has 1 aliphatic heterocycles. The maximum Gasteiger partial charge on any atom is 0.191 e. The summed E-state index contributed by atoms with van der Waals surface area (Å²) in [4.78, 5) is 11.2. The van der Waals surface area contributed by atoms with E-state index in [1.165, 1.54) is 30.4 Å². The zero-order valence-corrected chi connectivity index (χ0v) is 17.6. The molecule has 0 aliphatic carbocycles. The molecule has 3 rings (SSSR count). The van der Waals surface area contributed by atoms with Crippen LogP contribution >= 0.6 is 24.0 Å². The van der Waals surface area contributed by atoms with Gasteiger partial charge in [0.25, 0.3) is 0 Å². The second kappa shape index (κ2) is 11.0. The first kappa shape index (κ1) is 20.5. The normalized spacial score (nSPS) is 14.5. The van der Waals surface area contributed by atoms with Crippen LogP contribution in [0.3, 0.4) is 0 Å². The first-order valence-electron chi connectivity index (χ1n) is 9.03. The van der Waals surface area contributed by atoms with Crippen molar-refractivity contribution < 1.29 is 0 Å². The van der Waals surface area contributed by atoms with Crippen molar-refractivity contribution in [2.24, 2.45) is 4.99 Å². The van der Waals surface area contributed by atoms with Crippen molar-refractivity contribution in [1.82, 2.24) is 15.6 Å². The van der Waals surface area contributed by atoms with Gasteiger partial charge < -0.3 is 15.5 Å². The van der Waals surface area contributed by atoms with Gasteiger partial charge in [-0.3, -0.25) is 4.99 Å². The molecule has 1 fully saturated rings. The van der Waals surface area contributed by atoms with Gasteiger partial charge in [-0.25, -0.2) is 4.98 Å². The molecular formula is C20H28IN5.